The number of rotatable bonds is 3. The summed E-state index contributed by atoms with van der Waals surface area (Å²) in [6, 6.07) is 0.968. The molecule has 1 aliphatic heterocycles. The Bertz CT molecular complexity index is 249. The first kappa shape index (κ1) is 13.1. The predicted molar refractivity (Wildman–Crippen MR) is 71.1 cm³/mol. The Hall–Kier alpha value is -0.370. The van der Waals surface area contributed by atoms with Crippen LogP contribution in [0.15, 0.2) is 0 Å². The van der Waals surface area contributed by atoms with E-state index in [9.17, 15) is 4.79 Å². The molecule has 17 heavy (non-hydrogen) atoms. The molecule has 0 bridgehead atoms. The van der Waals surface area contributed by atoms with Crippen molar-refractivity contribution in [2.75, 3.05) is 6.54 Å². The van der Waals surface area contributed by atoms with E-state index in [0.29, 0.717) is 11.8 Å². The van der Waals surface area contributed by atoms with Crippen LogP contribution >= 0.6 is 0 Å². The Kier molecular flexibility index (Phi) is 5.02. The molecule has 2 nitrogen and oxygen atoms in total. The summed E-state index contributed by atoms with van der Waals surface area (Å²) in [4.78, 5) is 14.8. The summed E-state index contributed by atoms with van der Waals surface area (Å²) >= 11 is 0. The molecule has 2 unspecified atom stereocenters. The second-order valence-corrected chi connectivity index (χ2v) is 5.76. The average Bonchev–Trinajstić information content (AvgIpc) is 2.55. The van der Waals surface area contributed by atoms with Gasteiger partial charge in [0, 0.05) is 12.5 Å². The van der Waals surface area contributed by atoms with Gasteiger partial charge in [0.05, 0.1) is 6.04 Å². The van der Waals surface area contributed by atoms with Crippen molar-refractivity contribution in [1.29, 1.82) is 0 Å². The van der Waals surface area contributed by atoms with Gasteiger partial charge in [0.25, 0.3) is 0 Å². The van der Waals surface area contributed by atoms with Crippen LogP contribution < -0.4 is 0 Å². The lowest BCUT2D eigenvalue weighted by atomic mass is 9.93. The maximum atomic E-state index is 12.2. The molecular weight excluding hydrogens is 210 g/mol. The Morgan fingerprint density at radius 1 is 1.12 bits per heavy atom. The van der Waals surface area contributed by atoms with E-state index < -0.39 is 0 Å². The van der Waals surface area contributed by atoms with E-state index in [2.05, 4.69) is 11.8 Å². The maximum Gasteiger partial charge on any atom is 0.149 e. The second kappa shape index (κ2) is 6.53. The maximum absolute atomic E-state index is 12.2. The average molecular weight is 237 g/mol. The number of piperidine rings is 1. The number of likely N-dealkylation sites (tertiary alicyclic amines) is 1. The third-order valence-corrected chi connectivity index (χ3v) is 4.47. The van der Waals surface area contributed by atoms with Crippen LogP contribution in [0.5, 0.6) is 0 Å². The van der Waals surface area contributed by atoms with Crippen LogP contribution in [-0.4, -0.2) is 29.3 Å². The molecular formula is C15H27NO. The monoisotopic (exact) mass is 237 g/mol. The van der Waals surface area contributed by atoms with Gasteiger partial charge in [-0.3, -0.25) is 9.69 Å². The quantitative estimate of drug-likeness (QED) is 0.700. The van der Waals surface area contributed by atoms with E-state index in [1.54, 1.807) is 0 Å². The first-order valence-corrected chi connectivity index (χ1v) is 7.61. The third kappa shape index (κ3) is 3.31. The highest BCUT2D eigenvalue weighted by atomic mass is 16.1. The number of Topliss-reactive ketones (excluding diaryl/α,β-unsaturated/α-hetero) is 1. The fourth-order valence-corrected chi connectivity index (χ4v) is 3.57. The lowest BCUT2D eigenvalue weighted by Crippen LogP contribution is -2.49. The largest absolute Gasteiger partial charge is 0.298 e. The van der Waals surface area contributed by atoms with Crippen molar-refractivity contribution in [2.24, 2.45) is 0 Å². The van der Waals surface area contributed by atoms with Gasteiger partial charge in [-0.15, -0.1) is 0 Å². The smallest absolute Gasteiger partial charge is 0.149 e. The minimum Gasteiger partial charge on any atom is -0.298 e. The van der Waals surface area contributed by atoms with Crippen molar-refractivity contribution >= 4 is 5.78 Å². The standard InChI is InChI=1S/C15H27NO/c1-2-8-13-9-6-7-12-16(13)14-10-4-3-5-11-15(14)17/h13-14H,2-12H2,1H3. The number of hydrogen-bond donors (Lipinski definition) is 0. The van der Waals surface area contributed by atoms with Gasteiger partial charge >= 0.3 is 0 Å². The lowest BCUT2D eigenvalue weighted by Gasteiger charge is -2.40. The predicted octanol–water partition coefficient (Wildman–Crippen LogP) is 3.54. The Balaban J connectivity index is 2.02. The molecule has 0 aromatic carbocycles. The van der Waals surface area contributed by atoms with Crippen molar-refractivity contribution in [2.45, 2.75) is 83.2 Å². The summed E-state index contributed by atoms with van der Waals surface area (Å²) in [6.07, 6.45) is 12.1. The van der Waals surface area contributed by atoms with Gasteiger partial charge in [0.15, 0.2) is 0 Å². The Labute approximate surface area is 106 Å². The van der Waals surface area contributed by atoms with E-state index in [1.807, 2.05) is 0 Å². The first-order valence-electron chi connectivity index (χ1n) is 7.61. The lowest BCUT2D eigenvalue weighted by molar-refractivity contribution is -0.125. The molecule has 2 aliphatic rings. The number of nitrogens with zero attached hydrogens (tertiary/aromatic N) is 1. The first-order chi connectivity index (χ1) is 8.33. The Morgan fingerprint density at radius 2 is 1.94 bits per heavy atom. The van der Waals surface area contributed by atoms with Crippen LogP contribution in [0.25, 0.3) is 0 Å². The molecule has 0 amide bonds. The van der Waals surface area contributed by atoms with E-state index >= 15 is 0 Å². The van der Waals surface area contributed by atoms with Crippen molar-refractivity contribution in [3.8, 4) is 0 Å². The van der Waals surface area contributed by atoms with Crippen LogP contribution in [0.3, 0.4) is 0 Å². The van der Waals surface area contributed by atoms with Crippen LogP contribution in [0, 0.1) is 0 Å². The summed E-state index contributed by atoms with van der Waals surface area (Å²) in [5.41, 5.74) is 0. The molecule has 1 aliphatic carbocycles. The van der Waals surface area contributed by atoms with E-state index in [-0.39, 0.29) is 6.04 Å². The minimum atomic E-state index is 0.273. The van der Waals surface area contributed by atoms with E-state index in [0.717, 1.165) is 19.3 Å². The zero-order valence-corrected chi connectivity index (χ0v) is 11.3. The van der Waals surface area contributed by atoms with Crippen molar-refractivity contribution < 1.29 is 4.79 Å². The molecule has 2 heteroatoms. The SMILES string of the molecule is CCCC1CCCCN1C1CCCCCC1=O. The minimum absolute atomic E-state index is 0.273. The van der Waals surface area contributed by atoms with Gasteiger partial charge in [-0.2, -0.15) is 0 Å². The summed E-state index contributed by atoms with van der Waals surface area (Å²) < 4.78 is 0. The summed E-state index contributed by atoms with van der Waals surface area (Å²) in [5, 5.41) is 0. The normalized spacial score (nSPS) is 32.4. The molecule has 1 heterocycles. The van der Waals surface area contributed by atoms with Gasteiger partial charge in [0.1, 0.15) is 5.78 Å². The fourth-order valence-electron chi connectivity index (χ4n) is 3.57. The highest BCUT2D eigenvalue weighted by Gasteiger charge is 2.32. The molecule has 2 atom stereocenters. The molecule has 0 radical (unpaired) electrons. The molecule has 2 fully saturated rings. The molecule has 0 aromatic heterocycles. The molecule has 1 saturated heterocycles. The zero-order valence-electron chi connectivity index (χ0n) is 11.3. The van der Waals surface area contributed by atoms with Crippen LogP contribution in [0.1, 0.15) is 71.1 Å². The summed E-state index contributed by atoms with van der Waals surface area (Å²) in [5.74, 6) is 0.533. The molecule has 0 N–H and O–H groups in total. The van der Waals surface area contributed by atoms with Crippen molar-refractivity contribution in [1.82, 2.24) is 4.90 Å². The van der Waals surface area contributed by atoms with E-state index in [1.165, 1.54) is 51.5 Å². The Morgan fingerprint density at radius 3 is 2.76 bits per heavy atom. The topological polar surface area (TPSA) is 20.3 Å². The fraction of sp³-hybridized carbons (Fsp3) is 0.933. The summed E-state index contributed by atoms with van der Waals surface area (Å²) in [7, 11) is 0. The summed E-state index contributed by atoms with van der Waals surface area (Å²) in [6.45, 7) is 3.43. The van der Waals surface area contributed by atoms with E-state index in [4.69, 9.17) is 0 Å². The number of carbonyl (C=O) groups excluding carboxylic acids is 1. The molecule has 2 rings (SSSR count). The van der Waals surface area contributed by atoms with Gasteiger partial charge < -0.3 is 0 Å². The van der Waals surface area contributed by atoms with Gasteiger partial charge in [0.2, 0.25) is 0 Å². The van der Waals surface area contributed by atoms with Gasteiger partial charge in [-0.05, 0) is 38.6 Å². The third-order valence-electron chi connectivity index (χ3n) is 4.47. The van der Waals surface area contributed by atoms with Gasteiger partial charge in [-0.1, -0.05) is 32.6 Å². The number of hydrogen-bond acceptors (Lipinski definition) is 2. The number of carbonyl (C=O) groups is 1. The molecule has 98 valence electrons. The van der Waals surface area contributed by atoms with Crippen LogP contribution in [-0.2, 0) is 4.79 Å². The van der Waals surface area contributed by atoms with Crippen molar-refractivity contribution in [3.63, 3.8) is 0 Å². The molecule has 0 aromatic rings. The van der Waals surface area contributed by atoms with Crippen molar-refractivity contribution in [3.05, 3.63) is 0 Å². The number of ketones is 1. The highest BCUT2D eigenvalue weighted by molar-refractivity contribution is 5.84. The van der Waals surface area contributed by atoms with Crippen LogP contribution in [0.4, 0.5) is 0 Å². The molecule has 1 saturated carbocycles. The second-order valence-electron chi connectivity index (χ2n) is 5.76. The van der Waals surface area contributed by atoms with Crippen LogP contribution in [0.2, 0.25) is 0 Å². The highest BCUT2D eigenvalue weighted by Crippen LogP contribution is 2.28. The van der Waals surface area contributed by atoms with Gasteiger partial charge in [-0.25, -0.2) is 0 Å². The molecule has 0 spiro atoms. The zero-order chi connectivity index (χ0) is 12.1.